The van der Waals surface area contributed by atoms with Crippen molar-refractivity contribution in [3.63, 3.8) is 0 Å². The van der Waals surface area contributed by atoms with Crippen molar-refractivity contribution in [2.75, 3.05) is 5.32 Å². The van der Waals surface area contributed by atoms with E-state index < -0.39 is 23.9 Å². The molecule has 3 N–H and O–H groups in total. The lowest BCUT2D eigenvalue weighted by Gasteiger charge is -2.16. The Hall–Kier alpha value is -2.67. The van der Waals surface area contributed by atoms with Gasteiger partial charge >= 0.3 is 5.97 Å². The summed E-state index contributed by atoms with van der Waals surface area (Å²) in [6.45, 7) is 3.74. The lowest BCUT2D eigenvalue weighted by molar-refractivity contribution is -0.123. The van der Waals surface area contributed by atoms with Crippen molar-refractivity contribution in [3.05, 3.63) is 51.2 Å². The van der Waals surface area contributed by atoms with Crippen LogP contribution in [0.4, 0.5) is 5.69 Å². The minimum Gasteiger partial charge on any atom is -0.448 e. The number of aryl methyl sites for hydroxylation is 1. The highest BCUT2D eigenvalue weighted by molar-refractivity contribution is 7.14. The van der Waals surface area contributed by atoms with Gasteiger partial charge in [0.2, 0.25) is 5.91 Å². The molecular formula is C20H22N2O4S. The summed E-state index contributed by atoms with van der Waals surface area (Å²) in [7, 11) is 0. The van der Waals surface area contributed by atoms with Crippen molar-refractivity contribution in [2.45, 2.75) is 39.2 Å². The summed E-state index contributed by atoms with van der Waals surface area (Å²) >= 11 is 1.46. The summed E-state index contributed by atoms with van der Waals surface area (Å²) < 4.78 is 5.32. The van der Waals surface area contributed by atoms with E-state index in [1.54, 1.807) is 12.1 Å². The van der Waals surface area contributed by atoms with E-state index in [1.807, 2.05) is 6.07 Å². The number of carbonyl (C=O) groups excluding carboxylic acids is 3. The molecule has 142 valence electrons. The highest BCUT2D eigenvalue weighted by Crippen LogP contribution is 2.32. The fourth-order valence-corrected chi connectivity index (χ4v) is 4.13. The molecule has 1 aromatic heterocycles. The van der Waals surface area contributed by atoms with E-state index in [4.69, 9.17) is 10.5 Å². The van der Waals surface area contributed by atoms with Crippen molar-refractivity contribution in [1.29, 1.82) is 0 Å². The lowest BCUT2D eigenvalue weighted by Crippen LogP contribution is -2.29. The number of rotatable bonds is 5. The van der Waals surface area contributed by atoms with Gasteiger partial charge in [0.25, 0.3) is 5.91 Å². The first-order chi connectivity index (χ1) is 12.8. The van der Waals surface area contributed by atoms with Crippen molar-refractivity contribution in [2.24, 2.45) is 11.7 Å². The number of hydrogen-bond donors (Lipinski definition) is 2. The number of primary amides is 1. The first kappa shape index (κ1) is 19.1. The molecule has 2 atom stereocenters. The van der Waals surface area contributed by atoms with Crippen LogP contribution in [-0.2, 0) is 22.4 Å². The molecule has 3 rings (SSSR count). The summed E-state index contributed by atoms with van der Waals surface area (Å²) in [5.74, 6) is -0.830. The smallest absolute Gasteiger partial charge is 0.349 e. The van der Waals surface area contributed by atoms with E-state index in [-0.39, 0.29) is 0 Å². The molecule has 2 amide bonds. The van der Waals surface area contributed by atoms with Gasteiger partial charge in [-0.1, -0.05) is 6.92 Å². The number of nitrogens with one attached hydrogen (secondary N) is 1. The number of ether oxygens (including phenoxy) is 1. The van der Waals surface area contributed by atoms with Gasteiger partial charge in [0, 0.05) is 16.1 Å². The predicted octanol–water partition coefficient (Wildman–Crippen LogP) is 3.16. The second-order valence-corrected chi connectivity index (χ2v) is 8.02. The molecule has 0 radical (unpaired) electrons. The van der Waals surface area contributed by atoms with E-state index >= 15 is 0 Å². The first-order valence-electron chi connectivity index (χ1n) is 8.86. The van der Waals surface area contributed by atoms with Crippen LogP contribution in [0.25, 0.3) is 0 Å². The topological polar surface area (TPSA) is 98.5 Å². The van der Waals surface area contributed by atoms with Crippen LogP contribution in [0.2, 0.25) is 0 Å². The molecule has 0 spiro atoms. The maximum Gasteiger partial charge on any atom is 0.349 e. The number of nitrogens with two attached hydrogens (primary N) is 1. The number of hydrogen-bond acceptors (Lipinski definition) is 5. The van der Waals surface area contributed by atoms with Crippen molar-refractivity contribution in [1.82, 2.24) is 0 Å². The molecule has 7 heteroatoms. The molecule has 0 aliphatic heterocycles. The van der Waals surface area contributed by atoms with Gasteiger partial charge in [-0.3, -0.25) is 9.59 Å². The Kier molecular flexibility index (Phi) is 5.60. The number of fused-ring (bicyclic) bond motifs is 1. The van der Waals surface area contributed by atoms with Gasteiger partial charge in [-0.2, -0.15) is 0 Å². The fraction of sp³-hybridized carbons (Fsp3) is 0.350. The van der Waals surface area contributed by atoms with Gasteiger partial charge in [-0.05, 0) is 68.0 Å². The molecule has 1 aliphatic rings. The van der Waals surface area contributed by atoms with Gasteiger partial charge < -0.3 is 15.8 Å². The Bertz CT molecular complexity index is 873. The summed E-state index contributed by atoms with van der Waals surface area (Å²) in [6.07, 6.45) is 2.17. The molecular weight excluding hydrogens is 364 g/mol. The third kappa shape index (κ3) is 4.54. The SMILES string of the molecule is C[C@H]1CCc2sc(C(=O)O[C@H](C)C(=O)Nc3ccc(C(N)=O)cc3)cc2C1. The number of anilines is 1. The average molecular weight is 386 g/mol. The molecule has 0 bridgehead atoms. The summed E-state index contributed by atoms with van der Waals surface area (Å²) in [4.78, 5) is 37.5. The average Bonchev–Trinajstić information content (AvgIpc) is 3.05. The minimum absolute atomic E-state index is 0.350. The number of esters is 1. The predicted molar refractivity (Wildman–Crippen MR) is 104 cm³/mol. The zero-order valence-electron chi connectivity index (χ0n) is 15.3. The largest absolute Gasteiger partial charge is 0.448 e. The van der Waals surface area contributed by atoms with E-state index in [2.05, 4.69) is 12.2 Å². The molecule has 2 aromatic rings. The van der Waals surface area contributed by atoms with Gasteiger partial charge in [-0.25, -0.2) is 4.79 Å². The normalized spacial score (nSPS) is 16.9. The zero-order valence-corrected chi connectivity index (χ0v) is 16.1. The standard InChI is InChI=1S/C20H22N2O4S/c1-11-3-8-16-14(9-11)10-17(27-16)20(25)26-12(2)19(24)22-15-6-4-13(5-7-15)18(21)23/h4-7,10-12H,3,8-9H2,1-2H3,(H2,21,23)(H,22,24)/t11-,12+/m0/s1. The Morgan fingerprint density at radius 2 is 1.96 bits per heavy atom. The highest BCUT2D eigenvalue weighted by Gasteiger charge is 2.24. The Morgan fingerprint density at radius 1 is 1.26 bits per heavy atom. The third-order valence-corrected chi connectivity index (χ3v) is 5.84. The van der Waals surface area contributed by atoms with Crippen LogP contribution in [0.15, 0.2) is 30.3 Å². The molecule has 1 aromatic carbocycles. The minimum atomic E-state index is -0.939. The molecule has 0 unspecified atom stereocenters. The number of amides is 2. The van der Waals surface area contributed by atoms with Crippen LogP contribution >= 0.6 is 11.3 Å². The van der Waals surface area contributed by atoms with Gasteiger partial charge in [0.15, 0.2) is 6.10 Å². The van der Waals surface area contributed by atoms with Gasteiger partial charge in [0.05, 0.1) is 0 Å². The quantitative estimate of drug-likeness (QED) is 0.771. The lowest BCUT2D eigenvalue weighted by atomic mass is 9.90. The number of benzene rings is 1. The molecule has 6 nitrogen and oxygen atoms in total. The summed E-state index contributed by atoms with van der Waals surface area (Å²) in [6, 6.07) is 8.07. The summed E-state index contributed by atoms with van der Waals surface area (Å²) in [5, 5.41) is 2.65. The molecule has 0 saturated carbocycles. The summed E-state index contributed by atoms with van der Waals surface area (Å²) in [5.41, 5.74) is 7.25. The van der Waals surface area contributed by atoms with Gasteiger partial charge in [0.1, 0.15) is 4.88 Å². The molecule has 0 fully saturated rings. The molecule has 1 aliphatic carbocycles. The Labute approximate surface area is 161 Å². The van der Waals surface area contributed by atoms with Gasteiger partial charge in [-0.15, -0.1) is 11.3 Å². The zero-order chi connectivity index (χ0) is 19.6. The van der Waals surface area contributed by atoms with Crippen molar-refractivity contribution < 1.29 is 19.1 Å². The molecule has 27 heavy (non-hydrogen) atoms. The van der Waals surface area contributed by atoms with Crippen LogP contribution in [0.3, 0.4) is 0 Å². The van der Waals surface area contributed by atoms with Crippen LogP contribution in [0.5, 0.6) is 0 Å². The Balaban J connectivity index is 1.59. The second-order valence-electron chi connectivity index (χ2n) is 6.89. The number of carbonyl (C=O) groups is 3. The van der Waals surface area contributed by atoms with Crippen molar-refractivity contribution in [3.8, 4) is 0 Å². The van der Waals surface area contributed by atoms with Crippen molar-refractivity contribution >= 4 is 34.8 Å². The second kappa shape index (κ2) is 7.92. The van der Waals surface area contributed by atoms with E-state index in [0.29, 0.717) is 22.0 Å². The fourth-order valence-electron chi connectivity index (χ4n) is 3.04. The maximum absolute atomic E-state index is 12.4. The monoisotopic (exact) mass is 386 g/mol. The van der Waals surface area contributed by atoms with Crippen LogP contribution in [0.1, 0.15) is 50.7 Å². The first-order valence-corrected chi connectivity index (χ1v) is 9.68. The van der Waals surface area contributed by atoms with Crippen LogP contribution in [-0.4, -0.2) is 23.9 Å². The van der Waals surface area contributed by atoms with E-state index in [9.17, 15) is 14.4 Å². The van der Waals surface area contributed by atoms with Crippen LogP contribution in [0, 0.1) is 5.92 Å². The third-order valence-electron chi connectivity index (χ3n) is 4.62. The number of thiophene rings is 1. The maximum atomic E-state index is 12.4. The molecule has 1 heterocycles. The van der Waals surface area contributed by atoms with E-state index in [1.165, 1.54) is 40.8 Å². The highest BCUT2D eigenvalue weighted by atomic mass is 32.1. The molecule has 0 saturated heterocycles. The van der Waals surface area contributed by atoms with Crippen LogP contribution < -0.4 is 11.1 Å². The van der Waals surface area contributed by atoms with E-state index in [0.717, 1.165) is 19.3 Å². The Morgan fingerprint density at radius 3 is 2.63 bits per heavy atom.